The molecule has 2 fully saturated rings. The van der Waals surface area contributed by atoms with Gasteiger partial charge in [-0.1, -0.05) is 66.7 Å². The lowest BCUT2D eigenvalue weighted by Crippen LogP contribution is -2.46. The molecule has 0 atom stereocenters. The van der Waals surface area contributed by atoms with Gasteiger partial charge < -0.3 is 16.0 Å². The van der Waals surface area contributed by atoms with Crippen molar-refractivity contribution in [2.75, 3.05) is 70.5 Å². The van der Waals surface area contributed by atoms with E-state index in [4.69, 9.17) is 4.98 Å². The molecule has 2 aromatic heterocycles. The van der Waals surface area contributed by atoms with Crippen LogP contribution in [0.5, 0.6) is 0 Å². The Kier molecular flexibility index (Phi) is 12.0. The average molecular weight is 795 g/mol. The first-order valence-corrected chi connectivity index (χ1v) is 20.7. The summed E-state index contributed by atoms with van der Waals surface area (Å²) in [5.41, 5.74) is 7.24. The van der Waals surface area contributed by atoms with Crippen LogP contribution >= 0.6 is 0 Å². The van der Waals surface area contributed by atoms with Gasteiger partial charge in [0, 0.05) is 80.7 Å². The van der Waals surface area contributed by atoms with Crippen LogP contribution in [0.25, 0.3) is 0 Å². The minimum atomic E-state index is -0.0735. The summed E-state index contributed by atoms with van der Waals surface area (Å²) >= 11 is 0. The molecule has 4 aliphatic heterocycles. The summed E-state index contributed by atoms with van der Waals surface area (Å²) in [6.07, 6.45) is 7.88. The van der Waals surface area contributed by atoms with Gasteiger partial charge in [0.2, 0.25) is 11.9 Å². The molecule has 306 valence electrons. The highest BCUT2D eigenvalue weighted by molar-refractivity contribution is 6.06. The van der Waals surface area contributed by atoms with Crippen LogP contribution in [0, 0.1) is 13.8 Å². The molecule has 0 unspecified atom stereocenters. The van der Waals surface area contributed by atoms with E-state index in [0.717, 1.165) is 92.0 Å². The van der Waals surface area contributed by atoms with Crippen molar-refractivity contribution < 1.29 is 9.59 Å². The van der Waals surface area contributed by atoms with Crippen molar-refractivity contribution in [3.05, 3.63) is 119 Å². The largest absolute Gasteiger partial charge is 0.351 e. The van der Waals surface area contributed by atoms with Crippen LogP contribution in [0.1, 0.15) is 53.5 Å². The number of piperidine rings is 2. The van der Waals surface area contributed by atoms with E-state index in [0.29, 0.717) is 48.7 Å². The fourth-order valence-corrected chi connectivity index (χ4v) is 8.28. The first-order valence-electron chi connectivity index (χ1n) is 20.7. The molecule has 14 nitrogen and oxygen atoms in total. The molecule has 5 aromatic rings. The highest BCUT2D eigenvalue weighted by atomic mass is 16.2. The van der Waals surface area contributed by atoms with Crippen molar-refractivity contribution in [1.82, 2.24) is 30.2 Å². The molecule has 3 N–H and O–H groups in total. The van der Waals surface area contributed by atoms with E-state index in [9.17, 15) is 9.59 Å². The second-order valence-electron chi connectivity index (χ2n) is 15.9. The van der Waals surface area contributed by atoms with E-state index in [2.05, 4.69) is 66.1 Å². The maximum atomic E-state index is 13.1. The monoisotopic (exact) mass is 794 g/mol. The van der Waals surface area contributed by atoms with Crippen molar-refractivity contribution in [1.29, 1.82) is 0 Å². The van der Waals surface area contributed by atoms with Gasteiger partial charge in [0.15, 0.2) is 0 Å². The molecule has 6 heterocycles. The Morgan fingerprint density at radius 3 is 1.58 bits per heavy atom. The predicted molar refractivity (Wildman–Crippen MR) is 234 cm³/mol. The number of likely N-dealkylation sites (tertiary alicyclic amines) is 1. The number of anilines is 6. The molecule has 0 bridgehead atoms. The molecular formula is C45H54N12O2. The van der Waals surface area contributed by atoms with E-state index in [1.807, 2.05) is 74.8 Å². The van der Waals surface area contributed by atoms with Crippen LogP contribution in [0.15, 0.2) is 91.3 Å². The number of hydrogen-bond donors (Lipinski definition) is 3. The third-order valence-electron chi connectivity index (χ3n) is 11.7. The third-order valence-corrected chi connectivity index (χ3v) is 11.7. The van der Waals surface area contributed by atoms with Gasteiger partial charge in [-0.05, 0) is 81.4 Å². The van der Waals surface area contributed by atoms with E-state index in [1.165, 1.54) is 5.56 Å². The summed E-state index contributed by atoms with van der Waals surface area (Å²) in [6, 6.07) is 27.0. The van der Waals surface area contributed by atoms with Gasteiger partial charge in [-0.15, -0.1) is 0 Å². The zero-order valence-corrected chi connectivity index (χ0v) is 34.4. The summed E-state index contributed by atoms with van der Waals surface area (Å²) in [5.74, 6) is 2.56. The smallest absolute Gasteiger partial charge is 0.330 e. The number of amides is 4. The number of benzene rings is 3. The van der Waals surface area contributed by atoms with Gasteiger partial charge in [0.25, 0.3) is 0 Å². The van der Waals surface area contributed by atoms with E-state index in [-0.39, 0.29) is 12.1 Å². The molecule has 9 rings (SSSR count). The summed E-state index contributed by atoms with van der Waals surface area (Å²) in [7, 11) is 3.55. The lowest BCUT2D eigenvalue weighted by Gasteiger charge is -2.35. The lowest BCUT2D eigenvalue weighted by molar-refractivity contribution is 0.211. The van der Waals surface area contributed by atoms with Crippen LogP contribution in [0.2, 0.25) is 0 Å². The second kappa shape index (κ2) is 17.8. The topological polar surface area (TPSA) is 138 Å². The number of carbonyl (C=O) groups is 2. The number of aromatic nitrogens is 4. The zero-order chi connectivity index (χ0) is 40.9. The third kappa shape index (κ3) is 8.98. The first-order chi connectivity index (χ1) is 28.7. The summed E-state index contributed by atoms with van der Waals surface area (Å²) in [5, 5.41) is 10.3. The number of hydrogen-bond acceptors (Lipinski definition) is 10. The quantitative estimate of drug-likeness (QED) is 0.151. The van der Waals surface area contributed by atoms with Crippen LogP contribution in [-0.2, 0) is 19.6 Å². The molecule has 0 spiro atoms. The fraction of sp³-hybridized carbons (Fsp3) is 0.378. The van der Waals surface area contributed by atoms with Gasteiger partial charge in [-0.3, -0.25) is 24.5 Å². The Morgan fingerprint density at radius 1 is 0.627 bits per heavy atom. The second-order valence-corrected chi connectivity index (χ2v) is 15.9. The molecule has 4 amide bonds. The molecule has 0 saturated carbocycles. The Balaban J connectivity index is 0.000000169. The molecule has 0 radical (unpaired) electrons. The molecule has 4 aliphatic rings. The number of aryl methyl sites for hydroxylation is 2. The van der Waals surface area contributed by atoms with Gasteiger partial charge in [-0.25, -0.2) is 19.6 Å². The summed E-state index contributed by atoms with van der Waals surface area (Å²) < 4.78 is 0. The normalized spacial score (nSPS) is 17.6. The predicted octanol–water partition coefficient (Wildman–Crippen LogP) is 6.96. The number of nitrogens with one attached hydrogen (secondary N) is 3. The number of fused-ring (bicyclic) bond motifs is 2. The molecular weight excluding hydrogens is 741 g/mol. The minimum Gasteiger partial charge on any atom is -0.351 e. The zero-order valence-electron chi connectivity index (χ0n) is 34.4. The first kappa shape index (κ1) is 39.7. The van der Waals surface area contributed by atoms with Crippen molar-refractivity contribution >= 4 is 47.0 Å². The van der Waals surface area contributed by atoms with Gasteiger partial charge >= 0.3 is 12.1 Å². The lowest BCUT2D eigenvalue weighted by atomic mass is 10.0. The molecule has 59 heavy (non-hydrogen) atoms. The van der Waals surface area contributed by atoms with E-state index in [1.54, 1.807) is 33.7 Å². The maximum Gasteiger partial charge on any atom is 0.330 e. The Bertz CT molecular complexity index is 2260. The van der Waals surface area contributed by atoms with Crippen molar-refractivity contribution in [2.45, 2.75) is 71.2 Å². The molecule has 14 heteroatoms. The fourth-order valence-electron chi connectivity index (χ4n) is 8.28. The molecule has 2 saturated heterocycles. The van der Waals surface area contributed by atoms with Gasteiger partial charge in [0.05, 0.1) is 13.1 Å². The minimum absolute atomic E-state index is 0.0710. The molecule has 3 aromatic carbocycles. The van der Waals surface area contributed by atoms with Crippen molar-refractivity contribution in [2.24, 2.45) is 0 Å². The summed E-state index contributed by atoms with van der Waals surface area (Å²) in [4.78, 5) is 53.7. The van der Waals surface area contributed by atoms with Crippen molar-refractivity contribution in [3.8, 4) is 0 Å². The van der Waals surface area contributed by atoms with Crippen molar-refractivity contribution in [3.63, 3.8) is 0 Å². The highest BCUT2D eigenvalue weighted by Gasteiger charge is 2.33. The number of rotatable bonds is 8. The number of carbonyl (C=O) groups excluding carboxylic acids is 2. The maximum absolute atomic E-state index is 13.1. The van der Waals surface area contributed by atoms with Gasteiger partial charge in [0.1, 0.15) is 11.6 Å². The standard InChI is InChI=1S/C26H30N6O.C19H24N6O/c1-19-8-6-7-11-23(19)32-18-21-16-27-25(29-24(21)30(2)26(32)33)28-22-12-14-31(15-13-22)17-20-9-4-3-5-10-20;1-13-5-3-4-6-16(13)25-12-14-11-21-18(22-15-7-9-20-10-8-15)23-17(14)24(2)19(25)26/h3-11,16,22H,12-15,17-18H2,1-2H3,(H,27,28,29);3-6,11,15,20H,7-10,12H2,1-2H3,(H,21,22,23). The van der Waals surface area contributed by atoms with Crippen LogP contribution < -0.4 is 35.6 Å². The number of para-hydroxylation sites is 2. The Hall–Kier alpha value is -6.12. The summed E-state index contributed by atoms with van der Waals surface area (Å²) in [6.45, 7) is 10.1. The van der Waals surface area contributed by atoms with Crippen LogP contribution in [0.4, 0.5) is 44.5 Å². The Labute approximate surface area is 346 Å². The Morgan fingerprint density at radius 2 is 1.08 bits per heavy atom. The molecule has 0 aliphatic carbocycles. The van der Waals surface area contributed by atoms with Gasteiger partial charge in [-0.2, -0.15) is 9.97 Å². The van der Waals surface area contributed by atoms with Crippen LogP contribution in [0.3, 0.4) is 0 Å². The SMILES string of the molecule is Cc1ccccc1N1Cc2cnc(NC3CCN(Cc4ccccc4)CC3)nc2N(C)C1=O.Cc1ccccc1N1Cc2cnc(NC3CCNCC3)nc2N(C)C1=O. The number of nitrogens with zero attached hydrogens (tertiary/aromatic N) is 9. The highest BCUT2D eigenvalue weighted by Crippen LogP contribution is 2.33. The van der Waals surface area contributed by atoms with E-state index >= 15 is 0 Å². The number of urea groups is 2. The van der Waals surface area contributed by atoms with E-state index < -0.39 is 0 Å². The average Bonchev–Trinajstić information content (AvgIpc) is 3.26. The van der Waals surface area contributed by atoms with Crippen LogP contribution in [-0.4, -0.2) is 89.3 Å².